The molecule has 0 aromatic carbocycles. The Hall–Kier alpha value is -2.58. The van der Waals surface area contributed by atoms with E-state index in [0.29, 0.717) is 5.92 Å². The summed E-state index contributed by atoms with van der Waals surface area (Å²) in [6.45, 7) is 4.96. The van der Waals surface area contributed by atoms with Gasteiger partial charge in [0.15, 0.2) is 0 Å². The summed E-state index contributed by atoms with van der Waals surface area (Å²) in [7, 11) is 1.86. The minimum Gasteiger partial charge on any atom is -0.379 e. The minimum atomic E-state index is 0.715. The van der Waals surface area contributed by atoms with Gasteiger partial charge in [-0.1, -0.05) is 5.21 Å². The van der Waals surface area contributed by atoms with Crippen molar-refractivity contribution in [2.45, 2.75) is 31.7 Å². The first kappa shape index (κ1) is 19.4. The zero-order chi connectivity index (χ0) is 20.3. The van der Waals surface area contributed by atoms with Crippen molar-refractivity contribution in [2.24, 2.45) is 13.0 Å². The van der Waals surface area contributed by atoms with Crippen LogP contribution in [0.3, 0.4) is 0 Å². The van der Waals surface area contributed by atoms with E-state index in [0.717, 1.165) is 66.9 Å². The fourth-order valence-corrected chi connectivity index (χ4v) is 4.65. The summed E-state index contributed by atoms with van der Waals surface area (Å²) in [5.41, 5.74) is 1.61. The number of anilines is 1. The summed E-state index contributed by atoms with van der Waals surface area (Å²) in [6, 6.07) is 4.91. The van der Waals surface area contributed by atoms with Gasteiger partial charge >= 0.3 is 0 Å². The lowest BCUT2D eigenvalue weighted by molar-refractivity contribution is 0.00539. The molecule has 30 heavy (non-hydrogen) atoms. The first-order chi connectivity index (χ1) is 14.7. The molecule has 158 valence electrons. The van der Waals surface area contributed by atoms with E-state index in [2.05, 4.69) is 42.6 Å². The van der Waals surface area contributed by atoms with Crippen LogP contribution in [0.4, 0.5) is 5.82 Å². The maximum atomic E-state index is 5.49. The van der Waals surface area contributed by atoms with E-state index in [9.17, 15) is 0 Å². The van der Waals surface area contributed by atoms with Crippen LogP contribution >= 0.6 is 0 Å². The van der Waals surface area contributed by atoms with Crippen molar-refractivity contribution in [3.05, 3.63) is 30.7 Å². The zero-order valence-electron chi connectivity index (χ0n) is 17.5. The largest absolute Gasteiger partial charge is 0.379 e. The standard InChI is InChI=1S/C22H29N7O/c1-28-15-21(26-27-28)20-10-17-11-22(25-14-18(17)13-23-20)24-12-16-2-4-19(5-3-16)29-6-8-30-9-7-29/h10-11,13-16,19H,2-9,12H2,1H3,(H,24,25). The number of aryl methyl sites for hydroxylation is 1. The van der Waals surface area contributed by atoms with Crippen molar-refractivity contribution >= 4 is 16.6 Å². The Morgan fingerprint density at radius 3 is 2.57 bits per heavy atom. The van der Waals surface area contributed by atoms with E-state index in [4.69, 9.17) is 4.74 Å². The Morgan fingerprint density at radius 1 is 1.00 bits per heavy atom. The number of nitrogens with one attached hydrogen (secondary N) is 1. The molecule has 2 aliphatic rings. The van der Waals surface area contributed by atoms with Crippen molar-refractivity contribution in [1.82, 2.24) is 29.9 Å². The second-order valence-corrected chi connectivity index (χ2v) is 8.47. The normalized spacial score (nSPS) is 23.0. The monoisotopic (exact) mass is 407 g/mol. The number of hydrogen-bond donors (Lipinski definition) is 1. The molecule has 1 N–H and O–H groups in total. The van der Waals surface area contributed by atoms with Crippen molar-refractivity contribution in [3.8, 4) is 11.4 Å². The van der Waals surface area contributed by atoms with E-state index in [1.54, 1.807) is 4.68 Å². The van der Waals surface area contributed by atoms with Crippen LogP contribution in [-0.2, 0) is 11.8 Å². The highest BCUT2D eigenvalue weighted by Gasteiger charge is 2.26. The van der Waals surface area contributed by atoms with Gasteiger partial charge in [0, 0.05) is 50.5 Å². The molecule has 5 rings (SSSR count). The molecule has 0 unspecified atom stereocenters. The van der Waals surface area contributed by atoms with E-state index in [1.165, 1.54) is 25.7 Å². The van der Waals surface area contributed by atoms with Gasteiger partial charge in [-0.25, -0.2) is 4.98 Å². The second kappa shape index (κ2) is 8.65. The van der Waals surface area contributed by atoms with Crippen LogP contribution in [0.15, 0.2) is 30.7 Å². The molecule has 1 saturated carbocycles. The molecule has 8 heteroatoms. The Labute approximate surface area is 176 Å². The minimum absolute atomic E-state index is 0.715. The highest BCUT2D eigenvalue weighted by Crippen LogP contribution is 2.29. The molecule has 0 atom stereocenters. The quantitative estimate of drug-likeness (QED) is 0.696. The Morgan fingerprint density at radius 2 is 1.80 bits per heavy atom. The second-order valence-electron chi connectivity index (χ2n) is 8.47. The molecule has 4 heterocycles. The Kier molecular flexibility index (Phi) is 5.59. The fourth-order valence-electron chi connectivity index (χ4n) is 4.65. The first-order valence-electron chi connectivity index (χ1n) is 10.9. The van der Waals surface area contributed by atoms with Crippen LogP contribution in [0.25, 0.3) is 22.2 Å². The number of nitrogens with zero attached hydrogens (tertiary/aromatic N) is 6. The van der Waals surface area contributed by atoms with Gasteiger partial charge in [0.2, 0.25) is 0 Å². The molecule has 1 saturated heterocycles. The molecule has 1 aliphatic heterocycles. The van der Waals surface area contributed by atoms with Crippen molar-refractivity contribution in [3.63, 3.8) is 0 Å². The van der Waals surface area contributed by atoms with Gasteiger partial charge in [-0.3, -0.25) is 14.6 Å². The summed E-state index contributed by atoms with van der Waals surface area (Å²) < 4.78 is 7.18. The average molecular weight is 408 g/mol. The molecular weight excluding hydrogens is 378 g/mol. The van der Waals surface area contributed by atoms with E-state index < -0.39 is 0 Å². The predicted octanol–water partition coefficient (Wildman–Crippen LogP) is 2.73. The number of morpholine rings is 1. The fraction of sp³-hybridized carbons (Fsp3) is 0.545. The van der Waals surface area contributed by atoms with Gasteiger partial charge in [-0.05, 0) is 49.1 Å². The SMILES string of the molecule is Cn1cc(-c2cc3cc(NCC4CCC(N5CCOCC5)CC4)ncc3cn2)nn1. The third kappa shape index (κ3) is 4.29. The lowest BCUT2D eigenvalue weighted by Gasteiger charge is -2.38. The maximum absolute atomic E-state index is 5.49. The van der Waals surface area contributed by atoms with Gasteiger partial charge in [0.25, 0.3) is 0 Å². The van der Waals surface area contributed by atoms with Crippen molar-refractivity contribution in [2.75, 3.05) is 38.2 Å². The molecule has 2 fully saturated rings. The summed E-state index contributed by atoms with van der Waals surface area (Å²) in [5, 5.41) is 13.9. The smallest absolute Gasteiger partial charge is 0.131 e. The number of ether oxygens (including phenoxy) is 1. The van der Waals surface area contributed by atoms with Crippen molar-refractivity contribution in [1.29, 1.82) is 0 Å². The molecule has 3 aromatic heterocycles. The molecule has 8 nitrogen and oxygen atoms in total. The highest BCUT2D eigenvalue weighted by molar-refractivity contribution is 5.86. The number of pyridine rings is 2. The number of aromatic nitrogens is 5. The zero-order valence-corrected chi connectivity index (χ0v) is 17.5. The van der Waals surface area contributed by atoms with Gasteiger partial charge in [0.05, 0.1) is 25.1 Å². The van der Waals surface area contributed by atoms with Crippen LogP contribution in [-0.4, -0.2) is 68.8 Å². The molecule has 0 spiro atoms. The summed E-state index contributed by atoms with van der Waals surface area (Å²) in [5.74, 6) is 1.64. The van der Waals surface area contributed by atoms with Crippen LogP contribution in [0, 0.1) is 5.92 Å². The maximum Gasteiger partial charge on any atom is 0.131 e. The topological polar surface area (TPSA) is 81.0 Å². The molecule has 0 bridgehead atoms. The van der Waals surface area contributed by atoms with Crippen LogP contribution < -0.4 is 5.32 Å². The van der Waals surface area contributed by atoms with E-state index >= 15 is 0 Å². The van der Waals surface area contributed by atoms with Crippen LogP contribution in [0.2, 0.25) is 0 Å². The average Bonchev–Trinajstić information content (AvgIpc) is 3.24. The van der Waals surface area contributed by atoms with Gasteiger partial charge in [-0.15, -0.1) is 5.10 Å². The summed E-state index contributed by atoms with van der Waals surface area (Å²) >= 11 is 0. The number of hydrogen-bond acceptors (Lipinski definition) is 7. The van der Waals surface area contributed by atoms with Gasteiger partial charge < -0.3 is 10.1 Å². The number of rotatable bonds is 5. The third-order valence-electron chi connectivity index (χ3n) is 6.42. The molecule has 0 amide bonds. The van der Waals surface area contributed by atoms with Crippen molar-refractivity contribution < 1.29 is 4.74 Å². The Balaban J connectivity index is 1.19. The molecule has 1 aliphatic carbocycles. The van der Waals surface area contributed by atoms with E-state index in [1.807, 2.05) is 25.6 Å². The lowest BCUT2D eigenvalue weighted by Crippen LogP contribution is -2.45. The van der Waals surface area contributed by atoms with Crippen LogP contribution in [0.5, 0.6) is 0 Å². The predicted molar refractivity (Wildman–Crippen MR) is 116 cm³/mol. The molecule has 3 aromatic rings. The van der Waals surface area contributed by atoms with Crippen LogP contribution in [0.1, 0.15) is 25.7 Å². The Bertz CT molecular complexity index is 990. The summed E-state index contributed by atoms with van der Waals surface area (Å²) in [6.07, 6.45) is 10.8. The first-order valence-corrected chi connectivity index (χ1v) is 10.9. The molecular formula is C22H29N7O. The van der Waals surface area contributed by atoms with E-state index in [-0.39, 0.29) is 0 Å². The number of fused-ring (bicyclic) bond motifs is 1. The van der Waals surface area contributed by atoms with Gasteiger partial charge in [-0.2, -0.15) is 0 Å². The summed E-state index contributed by atoms with van der Waals surface area (Å²) in [4.78, 5) is 11.7. The highest BCUT2D eigenvalue weighted by atomic mass is 16.5. The third-order valence-corrected chi connectivity index (χ3v) is 6.42. The lowest BCUT2D eigenvalue weighted by atomic mass is 9.85. The molecule has 0 radical (unpaired) electrons. The van der Waals surface area contributed by atoms with Gasteiger partial charge in [0.1, 0.15) is 11.5 Å².